The van der Waals surface area contributed by atoms with Crippen LogP contribution in [-0.2, 0) is 11.2 Å². The number of benzene rings is 3. The maximum absolute atomic E-state index is 12.6. The molecule has 0 saturated carbocycles. The Morgan fingerprint density at radius 2 is 1.48 bits per heavy atom. The molecule has 1 aliphatic rings. The fraction of sp³-hybridized carbons (Fsp3) is 0.0909. The number of urea groups is 1. The van der Waals surface area contributed by atoms with Crippen molar-refractivity contribution < 1.29 is 14.3 Å². The summed E-state index contributed by atoms with van der Waals surface area (Å²) in [5.41, 5.74) is 9.13. The highest BCUT2D eigenvalue weighted by atomic mass is 16.5. The van der Waals surface area contributed by atoms with E-state index in [1.54, 1.807) is 24.3 Å². The van der Waals surface area contributed by atoms with E-state index < -0.39 is 18.1 Å². The lowest BCUT2D eigenvalue weighted by atomic mass is 10.0. The van der Waals surface area contributed by atoms with Gasteiger partial charge in [0.25, 0.3) is 0 Å². The van der Waals surface area contributed by atoms with Crippen LogP contribution in [0.5, 0.6) is 0 Å². The number of ether oxygens (including phenoxy) is 1. The van der Waals surface area contributed by atoms with Gasteiger partial charge in [-0.15, -0.1) is 0 Å². The van der Waals surface area contributed by atoms with Crippen LogP contribution >= 0.6 is 0 Å². The highest BCUT2D eigenvalue weighted by Gasteiger charge is 2.31. The first-order valence-electron chi connectivity index (χ1n) is 8.67. The van der Waals surface area contributed by atoms with Crippen molar-refractivity contribution >= 4 is 23.4 Å². The zero-order chi connectivity index (χ0) is 18.8. The molecule has 2 N–H and O–H groups in total. The van der Waals surface area contributed by atoms with Crippen LogP contribution < -0.4 is 10.6 Å². The number of amides is 2. The topological polar surface area (TPSA) is 72.6 Å². The van der Waals surface area contributed by atoms with Crippen molar-refractivity contribution in [2.24, 2.45) is 5.73 Å². The smallest absolute Gasteiger partial charge is 0.338 e. The molecule has 5 nitrogen and oxygen atoms in total. The second-order valence-electron chi connectivity index (χ2n) is 6.33. The molecule has 4 rings (SSSR count). The Bertz CT molecular complexity index is 1000. The van der Waals surface area contributed by atoms with E-state index in [1.807, 2.05) is 54.6 Å². The van der Waals surface area contributed by atoms with Crippen molar-refractivity contribution in [2.75, 3.05) is 4.90 Å². The Morgan fingerprint density at radius 1 is 0.852 bits per heavy atom. The van der Waals surface area contributed by atoms with Crippen LogP contribution in [0.2, 0.25) is 0 Å². The van der Waals surface area contributed by atoms with Crippen LogP contribution in [0.25, 0.3) is 0 Å². The lowest BCUT2D eigenvalue weighted by Crippen LogP contribution is -2.32. The van der Waals surface area contributed by atoms with Gasteiger partial charge in [-0.1, -0.05) is 54.6 Å². The van der Waals surface area contributed by atoms with E-state index in [0.717, 1.165) is 11.1 Å². The van der Waals surface area contributed by atoms with Gasteiger partial charge in [0.2, 0.25) is 0 Å². The fourth-order valence-corrected chi connectivity index (χ4v) is 3.42. The Morgan fingerprint density at radius 3 is 2.22 bits per heavy atom. The lowest BCUT2D eigenvalue weighted by molar-refractivity contribution is 0.0300. The normalized spacial score (nSPS) is 15.3. The van der Waals surface area contributed by atoms with Crippen LogP contribution in [0.1, 0.15) is 27.6 Å². The van der Waals surface area contributed by atoms with Crippen molar-refractivity contribution in [3.63, 3.8) is 0 Å². The van der Waals surface area contributed by atoms with Crippen molar-refractivity contribution in [3.8, 4) is 0 Å². The number of anilines is 2. The van der Waals surface area contributed by atoms with Gasteiger partial charge >= 0.3 is 12.0 Å². The van der Waals surface area contributed by atoms with Crippen LogP contribution in [0.15, 0.2) is 78.9 Å². The summed E-state index contributed by atoms with van der Waals surface area (Å²) in [6, 6.07) is 23.2. The molecule has 2 amide bonds. The molecular formula is C22H18N2O3. The number of fused-ring (bicyclic) bond motifs is 2. The monoisotopic (exact) mass is 358 g/mol. The molecule has 1 aliphatic heterocycles. The summed E-state index contributed by atoms with van der Waals surface area (Å²) in [6.07, 6.45) is -0.0744. The van der Waals surface area contributed by atoms with E-state index >= 15 is 0 Å². The minimum absolute atomic E-state index is 0.402. The van der Waals surface area contributed by atoms with Gasteiger partial charge in [0, 0.05) is 12.0 Å². The van der Waals surface area contributed by atoms with Gasteiger partial charge in [-0.25, -0.2) is 9.59 Å². The largest absolute Gasteiger partial charge is 0.453 e. The van der Waals surface area contributed by atoms with Crippen molar-refractivity contribution in [1.82, 2.24) is 0 Å². The van der Waals surface area contributed by atoms with Crippen LogP contribution in [0.4, 0.5) is 16.2 Å². The fourth-order valence-electron chi connectivity index (χ4n) is 3.42. The molecule has 1 heterocycles. The van der Waals surface area contributed by atoms with Gasteiger partial charge in [-0.2, -0.15) is 0 Å². The van der Waals surface area contributed by atoms with E-state index in [4.69, 9.17) is 10.5 Å². The number of hydrogen-bond acceptors (Lipinski definition) is 3. The summed E-state index contributed by atoms with van der Waals surface area (Å²) < 4.78 is 5.85. The van der Waals surface area contributed by atoms with Gasteiger partial charge in [-0.3, -0.25) is 4.90 Å². The summed E-state index contributed by atoms with van der Waals surface area (Å²) in [4.78, 5) is 26.3. The molecule has 0 radical (unpaired) electrons. The average molecular weight is 358 g/mol. The zero-order valence-corrected chi connectivity index (χ0v) is 14.5. The molecule has 0 bridgehead atoms. The molecule has 0 saturated heterocycles. The highest BCUT2D eigenvalue weighted by molar-refractivity contribution is 6.00. The Hall–Kier alpha value is -3.60. The minimum atomic E-state index is -0.579. The van der Waals surface area contributed by atoms with E-state index in [2.05, 4.69) is 0 Å². The van der Waals surface area contributed by atoms with Gasteiger partial charge in [-0.05, 0) is 29.8 Å². The first-order chi connectivity index (χ1) is 13.1. The summed E-state index contributed by atoms with van der Waals surface area (Å²) in [7, 11) is 0. The molecule has 3 aromatic rings. The maximum atomic E-state index is 12.6. The number of hydrogen-bond donors (Lipinski definition) is 1. The Kier molecular flexibility index (Phi) is 4.34. The minimum Gasteiger partial charge on any atom is -0.453 e. The molecule has 0 fully saturated rings. The molecule has 1 atom stereocenters. The van der Waals surface area contributed by atoms with E-state index in [-0.39, 0.29) is 0 Å². The molecular weight excluding hydrogens is 340 g/mol. The molecule has 0 spiro atoms. The number of para-hydroxylation sites is 2. The molecule has 0 aromatic heterocycles. The third-order valence-electron chi connectivity index (χ3n) is 4.64. The molecule has 27 heavy (non-hydrogen) atoms. The van der Waals surface area contributed by atoms with Crippen molar-refractivity contribution in [2.45, 2.75) is 12.5 Å². The van der Waals surface area contributed by atoms with Gasteiger partial charge in [0.1, 0.15) is 6.10 Å². The van der Waals surface area contributed by atoms with Gasteiger partial charge in [0.15, 0.2) is 0 Å². The quantitative estimate of drug-likeness (QED) is 0.692. The summed E-state index contributed by atoms with van der Waals surface area (Å²) in [6.45, 7) is 0. The van der Waals surface area contributed by atoms with Gasteiger partial charge in [0.05, 0.1) is 16.9 Å². The van der Waals surface area contributed by atoms with E-state index in [0.29, 0.717) is 23.4 Å². The van der Waals surface area contributed by atoms with Crippen LogP contribution in [0.3, 0.4) is 0 Å². The first kappa shape index (κ1) is 16.8. The molecule has 0 aliphatic carbocycles. The summed E-state index contributed by atoms with van der Waals surface area (Å²) >= 11 is 0. The molecule has 5 heteroatoms. The van der Waals surface area contributed by atoms with E-state index in [1.165, 1.54) is 4.90 Å². The number of nitrogens with two attached hydrogens (primary N) is 1. The molecule has 0 unspecified atom stereocenters. The first-order valence-corrected chi connectivity index (χ1v) is 8.67. The second-order valence-corrected chi connectivity index (χ2v) is 6.33. The number of rotatable bonds is 2. The predicted octanol–water partition coefficient (Wildman–Crippen LogP) is 4.36. The standard InChI is InChI=1S/C22H18N2O3/c23-22(26)24-18-12-6-4-10-16(18)14-20(17-11-5-7-13-19(17)24)27-21(25)15-8-2-1-3-9-15/h1-13,20H,14H2,(H2,23,26)/t20-/m1/s1. The third kappa shape index (κ3) is 3.15. The van der Waals surface area contributed by atoms with Gasteiger partial charge < -0.3 is 10.5 Å². The molecule has 134 valence electrons. The number of carbonyl (C=O) groups excluding carboxylic acids is 2. The Balaban J connectivity index is 1.80. The van der Waals surface area contributed by atoms with Crippen molar-refractivity contribution in [3.05, 3.63) is 95.6 Å². The number of primary amides is 1. The van der Waals surface area contributed by atoms with Crippen LogP contribution in [0, 0.1) is 0 Å². The van der Waals surface area contributed by atoms with Crippen LogP contribution in [-0.4, -0.2) is 12.0 Å². The maximum Gasteiger partial charge on any atom is 0.338 e. The lowest BCUT2D eigenvalue weighted by Gasteiger charge is -2.23. The number of nitrogens with zero attached hydrogens (tertiary/aromatic N) is 1. The Labute approximate surface area is 157 Å². The molecule has 3 aromatic carbocycles. The number of esters is 1. The summed E-state index contributed by atoms with van der Waals surface area (Å²) in [5.74, 6) is -0.402. The highest BCUT2D eigenvalue weighted by Crippen LogP contribution is 2.41. The second kappa shape index (κ2) is 6.96. The van der Waals surface area contributed by atoms with E-state index in [9.17, 15) is 9.59 Å². The number of carbonyl (C=O) groups is 2. The summed E-state index contributed by atoms with van der Waals surface area (Å²) in [5, 5.41) is 0. The average Bonchev–Trinajstić information content (AvgIpc) is 2.83. The SMILES string of the molecule is NC(=O)N1c2ccccc2C[C@@H](OC(=O)c2ccccc2)c2ccccc21. The zero-order valence-electron chi connectivity index (χ0n) is 14.5. The van der Waals surface area contributed by atoms with Crippen molar-refractivity contribution in [1.29, 1.82) is 0 Å². The third-order valence-corrected chi connectivity index (χ3v) is 4.64. The predicted molar refractivity (Wildman–Crippen MR) is 103 cm³/mol.